The minimum atomic E-state index is -0.795. The second-order valence-electron chi connectivity index (χ2n) is 4.04. The lowest BCUT2D eigenvalue weighted by molar-refractivity contribution is -0.172. The van der Waals surface area contributed by atoms with E-state index in [1.165, 1.54) is 19.2 Å². The van der Waals surface area contributed by atoms with Crippen LogP contribution in [0.25, 0.3) is 0 Å². The Morgan fingerprint density at radius 3 is 2.60 bits per heavy atom. The second-order valence-corrected chi connectivity index (χ2v) is 4.04. The van der Waals surface area contributed by atoms with Gasteiger partial charge in [-0.3, -0.25) is 9.59 Å². The molecule has 1 saturated heterocycles. The highest BCUT2D eigenvalue weighted by Gasteiger charge is 2.33. The standard InChI is InChI=1S/C13H13NO6/c1-18-8-19-10-4-2-3-9(7-10)13(17)20-14-11(15)5-6-12(14)16/h2-4,7H,5-6,8H2,1H3. The molecule has 7 heteroatoms. The lowest BCUT2D eigenvalue weighted by Gasteiger charge is -2.13. The molecule has 0 aliphatic carbocycles. The maximum Gasteiger partial charge on any atom is 0.364 e. The molecule has 0 spiro atoms. The monoisotopic (exact) mass is 279 g/mol. The number of rotatable bonds is 5. The van der Waals surface area contributed by atoms with Crippen LogP contribution in [0.1, 0.15) is 23.2 Å². The predicted octanol–water partition coefficient (Wildman–Crippen LogP) is 0.890. The molecule has 1 heterocycles. The van der Waals surface area contributed by atoms with Crippen LogP contribution in [0, 0.1) is 0 Å². The van der Waals surface area contributed by atoms with Crippen LogP contribution in [-0.4, -0.2) is 36.7 Å². The normalized spacial score (nSPS) is 14.6. The molecule has 20 heavy (non-hydrogen) atoms. The molecule has 106 valence electrons. The summed E-state index contributed by atoms with van der Waals surface area (Å²) in [5, 5.41) is 0.505. The van der Waals surface area contributed by atoms with Gasteiger partial charge in [-0.25, -0.2) is 4.79 Å². The van der Waals surface area contributed by atoms with E-state index in [4.69, 9.17) is 14.3 Å². The zero-order valence-electron chi connectivity index (χ0n) is 10.8. The zero-order valence-corrected chi connectivity index (χ0v) is 10.8. The van der Waals surface area contributed by atoms with Crippen LogP contribution in [0.5, 0.6) is 5.75 Å². The largest absolute Gasteiger partial charge is 0.468 e. The van der Waals surface area contributed by atoms with Crippen LogP contribution in [0.4, 0.5) is 0 Å². The van der Waals surface area contributed by atoms with Gasteiger partial charge in [0.2, 0.25) is 0 Å². The summed E-state index contributed by atoms with van der Waals surface area (Å²) in [4.78, 5) is 39.3. The van der Waals surface area contributed by atoms with Gasteiger partial charge >= 0.3 is 5.97 Å². The van der Waals surface area contributed by atoms with Crippen LogP contribution < -0.4 is 4.74 Å². The third-order valence-corrected chi connectivity index (χ3v) is 2.59. The molecule has 0 aromatic heterocycles. The van der Waals surface area contributed by atoms with Crippen molar-refractivity contribution < 1.29 is 28.7 Å². The molecular weight excluding hydrogens is 266 g/mol. The van der Waals surface area contributed by atoms with Crippen molar-refractivity contribution in [1.82, 2.24) is 5.06 Å². The number of carbonyl (C=O) groups excluding carboxylic acids is 3. The van der Waals surface area contributed by atoms with Gasteiger partial charge in [-0.15, -0.1) is 5.06 Å². The molecule has 0 bridgehead atoms. The third-order valence-electron chi connectivity index (χ3n) is 2.59. The number of carbonyl (C=O) groups is 3. The summed E-state index contributed by atoms with van der Waals surface area (Å²) in [5.74, 6) is -1.41. The highest BCUT2D eigenvalue weighted by Crippen LogP contribution is 2.17. The van der Waals surface area contributed by atoms with E-state index in [-0.39, 0.29) is 25.2 Å². The number of hydrogen-bond donors (Lipinski definition) is 0. The van der Waals surface area contributed by atoms with Gasteiger partial charge in [-0.1, -0.05) is 6.07 Å². The third kappa shape index (κ3) is 3.12. The first kappa shape index (κ1) is 14.0. The maximum absolute atomic E-state index is 11.9. The van der Waals surface area contributed by atoms with E-state index in [1.54, 1.807) is 12.1 Å². The van der Waals surface area contributed by atoms with Crippen molar-refractivity contribution in [3.05, 3.63) is 29.8 Å². The quantitative estimate of drug-likeness (QED) is 0.588. The van der Waals surface area contributed by atoms with Gasteiger partial charge in [-0.2, -0.15) is 0 Å². The molecule has 1 aromatic carbocycles. The fraction of sp³-hybridized carbons (Fsp3) is 0.308. The maximum atomic E-state index is 11.9. The Morgan fingerprint density at radius 1 is 1.25 bits per heavy atom. The number of methoxy groups -OCH3 is 1. The van der Waals surface area contributed by atoms with Gasteiger partial charge < -0.3 is 14.3 Å². The molecule has 0 radical (unpaired) electrons. The first-order chi connectivity index (χ1) is 9.61. The van der Waals surface area contributed by atoms with E-state index in [1.807, 2.05) is 0 Å². The number of nitrogens with zero attached hydrogens (tertiary/aromatic N) is 1. The summed E-state index contributed by atoms with van der Waals surface area (Å²) in [6.07, 6.45) is 0.117. The summed E-state index contributed by atoms with van der Waals surface area (Å²) in [7, 11) is 1.47. The van der Waals surface area contributed by atoms with Gasteiger partial charge in [0.25, 0.3) is 11.8 Å². The fourth-order valence-electron chi connectivity index (χ4n) is 1.63. The number of ether oxygens (including phenoxy) is 2. The molecule has 1 aliphatic rings. The van der Waals surface area contributed by atoms with E-state index in [9.17, 15) is 14.4 Å². The number of benzene rings is 1. The smallest absolute Gasteiger partial charge is 0.364 e. The summed E-state index contributed by atoms with van der Waals surface area (Å²) in [6.45, 7) is 0.0433. The highest BCUT2D eigenvalue weighted by molar-refractivity contribution is 6.02. The number of amides is 2. The molecule has 7 nitrogen and oxygen atoms in total. The van der Waals surface area contributed by atoms with Gasteiger partial charge in [0.05, 0.1) is 5.56 Å². The minimum Gasteiger partial charge on any atom is -0.468 e. The topological polar surface area (TPSA) is 82.1 Å². The van der Waals surface area contributed by atoms with Crippen molar-refractivity contribution >= 4 is 17.8 Å². The van der Waals surface area contributed by atoms with Crippen molar-refractivity contribution in [1.29, 1.82) is 0 Å². The van der Waals surface area contributed by atoms with Crippen LogP contribution in [0.3, 0.4) is 0 Å². The molecule has 1 aliphatic heterocycles. The average Bonchev–Trinajstić information content (AvgIpc) is 2.77. The van der Waals surface area contributed by atoms with Crippen LogP contribution in [0.15, 0.2) is 24.3 Å². The van der Waals surface area contributed by atoms with E-state index in [2.05, 4.69) is 0 Å². The van der Waals surface area contributed by atoms with Crippen molar-refractivity contribution in [2.24, 2.45) is 0 Å². The second kappa shape index (κ2) is 6.16. The lowest BCUT2D eigenvalue weighted by Crippen LogP contribution is -2.32. The van der Waals surface area contributed by atoms with E-state index < -0.39 is 17.8 Å². The van der Waals surface area contributed by atoms with Crippen LogP contribution in [0.2, 0.25) is 0 Å². The SMILES string of the molecule is COCOc1cccc(C(=O)ON2C(=O)CCC2=O)c1. The van der Waals surface area contributed by atoms with E-state index in [0.29, 0.717) is 10.8 Å². The van der Waals surface area contributed by atoms with Crippen molar-refractivity contribution in [2.75, 3.05) is 13.9 Å². The molecule has 0 N–H and O–H groups in total. The molecular formula is C13H13NO6. The summed E-state index contributed by atoms with van der Waals surface area (Å²) in [6, 6.07) is 6.16. The van der Waals surface area contributed by atoms with Crippen molar-refractivity contribution in [3.63, 3.8) is 0 Å². The van der Waals surface area contributed by atoms with Gasteiger partial charge in [-0.05, 0) is 18.2 Å². The Morgan fingerprint density at radius 2 is 1.95 bits per heavy atom. The van der Waals surface area contributed by atoms with Gasteiger partial charge in [0.1, 0.15) is 5.75 Å². The highest BCUT2D eigenvalue weighted by atomic mass is 16.7. The Hall–Kier alpha value is -2.41. The van der Waals surface area contributed by atoms with Crippen LogP contribution in [-0.2, 0) is 19.2 Å². The van der Waals surface area contributed by atoms with Crippen molar-refractivity contribution in [3.8, 4) is 5.75 Å². The Labute approximate surface area is 115 Å². The van der Waals surface area contributed by atoms with Crippen molar-refractivity contribution in [2.45, 2.75) is 12.8 Å². The van der Waals surface area contributed by atoms with Crippen LogP contribution >= 0.6 is 0 Å². The first-order valence-electron chi connectivity index (χ1n) is 5.91. The molecule has 2 rings (SSSR count). The first-order valence-corrected chi connectivity index (χ1v) is 5.91. The van der Waals surface area contributed by atoms with Gasteiger partial charge in [0.15, 0.2) is 6.79 Å². The van der Waals surface area contributed by atoms with E-state index in [0.717, 1.165) is 0 Å². The molecule has 1 fully saturated rings. The number of hydroxylamine groups is 2. The average molecular weight is 279 g/mol. The number of imide groups is 1. The minimum absolute atomic E-state index is 0.0433. The Balaban J connectivity index is 2.05. The molecule has 0 atom stereocenters. The lowest BCUT2D eigenvalue weighted by atomic mass is 10.2. The van der Waals surface area contributed by atoms with Gasteiger partial charge in [0, 0.05) is 20.0 Å². The zero-order chi connectivity index (χ0) is 14.5. The fourth-order valence-corrected chi connectivity index (χ4v) is 1.63. The summed E-state index contributed by atoms with van der Waals surface area (Å²) < 4.78 is 9.93. The summed E-state index contributed by atoms with van der Waals surface area (Å²) >= 11 is 0. The number of hydrogen-bond acceptors (Lipinski definition) is 6. The molecule has 0 saturated carbocycles. The predicted molar refractivity (Wildman–Crippen MR) is 65.4 cm³/mol. The Bertz CT molecular complexity index is 525. The van der Waals surface area contributed by atoms with E-state index >= 15 is 0 Å². The molecule has 0 unspecified atom stereocenters. The molecule has 2 amide bonds. The summed E-state index contributed by atoms with van der Waals surface area (Å²) in [5.41, 5.74) is 0.172. The Kier molecular flexibility index (Phi) is 4.31. The molecule has 1 aromatic rings.